The van der Waals surface area contributed by atoms with E-state index in [4.69, 9.17) is 22.1 Å². The highest BCUT2D eigenvalue weighted by Gasteiger charge is 2.45. The molecule has 143 heavy (non-hydrogen) atoms. The van der Waals surface area contributed by atoms with Gasteiger partial charge >= 0.3 is 34.2 Å². The van der Waals surface area contributed by atoms with E-state index >= 15 is 0 Å². The molecule has 0 spiro atoms. The van der Waals surface area contributed by atoms with Crippen LogP contribution in [0.15, 0.2) is 350 Å². The van der Waals surface area contributed by atoms with Crippen LogP contribution in [-0.4, -0.2) is 59.2 Å². The number of aryl methyl sites for hydroxylation is 11. The maximum Gasteiger partial charge on any atom is 0.406 e. The van der Waals surface area contributed by atoms with Gasteiger partial charge in [-0.1, -0.05) is 200 Å². The minimum Gasteiger partial charge on any atom is -0.404 e. The molecule has 5 aromatic carbocycles. The molecule has 698 valence electrons. The van der Waals surface area contributed by atoms with Crippen LogP contribution in [-0.2, 0) is 35.2 Å². The van der Waals surface area contributed by atoms with Crippen LogP contribution in [0.5, 0.6) is 0 Å². The van der Waals surface area contributed by atoms with E-state index in [0.717, 1.165) is 130 Å². The molecule has 25 heteroatoms. The van der Waals surface area contributed by atoms with E-state index in [1.165, 1.54) is 83.5 Å². The van der Waals surface area contributed by atoms with Gasteiger partial charge in [0.25, 0.3) is 58.5 Å². The molecule has 0 aliphatic carbocycles. The van der Waals surface area contributed by atoms with Gasteiger partial charge in [-0.2, -0.15) is 0 Å². The van der Waals surface area contributed by atoms with Crippen molar-refractivity contribution in [1.29, 1.82) is 0 Å². The Morgan fingerprint density at radius 1 is 0.259 bits per heavy atom. The number of aromatic nitrogens is 10. The third-order valence-electron chi connectivity index (χ3n) is 27.9. The second-order valence-corrected chi connectivity index (χ2v) is 38.1. The van der Waals surface area contributed by atoms with Gasteiger partial charge in [0.1, 0.15) is 0 Å². The second kappa shape index (κ2) is 38.5. The zero-order valence-electron chi connectivity index (χ0n) is 84.0. The molecular weight excluding hydrogens is 1760 g/mol. The van der Waals surface area contributed by atoms with E-state index in [-0.39, 0.29) is 34.2 Å². The molecule has 0 N–H and O–H groups in total. The van der Waals surface area contributed by atoms with Crippen molar-refractivity contribution in [1.82, 2.24) is 24.9 Å². The Kier molecular flexibility index (Phi) is 24.9. The minimum absolute atomic E-state index is 0.168. The lowest BCUT2D eigenvalue weighted by atomic mass is 9.59. The van der Waals surface area contributed by atoms with Crippen molar-refractivity contribution in [2.75, 3.05) is 24.1 Å². The predicted molar refractivity (Wildman–Crippen MR) is 587 cm³/mol. The van der Waals surface area contributed by atoms with E-state index in [0.29, 0.717) is 28.6 Å². The molecule has 0 fully saturated rings. The Labute approximate surface area is 836 Å². The highest BCUT2D eigenvalue weighted by Crippen LogP contribution is 2.49. The molecule has 0 radical (unpaired) electrons. The molecule has 5 aliphatic heterocycles. The quantitative estimate of drug-likeness (QED) is 0.0937. The van der Waals surface area contributed by atoms with Crippen molar-refractivity contribution in [3.8, 4) is 55.6 Å². The highest BCUT2D eigenvalue weighted by molar-refractivity contribution is 6.72. The van der Waals surface area contributed by atoms with Gasteiger partial charge in [-0.05, 0) is 235 Å². The van der Waals surface area contributed by atoms with E-state index in [1.54, 1.807) is 12.4 Å². The molecular formula is C118H111B5N15O5+5. The predicted octanol–water partition coefficient (Wildman–Crippen LogP) is 25.9. The summed E-state index contributed by atoms with van der Waals surface area (Å²) < 4.78 is 42.2. The summed E-state index contributed by atoms with van der Waals surface area (Å²) in [6.07, 6.45) is 20.8. The molecule has 0 atom stereocenters. The van der Waals surface area contributed by atoms with Crippen LogP contribution in [0.3, 0.4) is 0 Å². The molecule has 15 aromatic heterocycles. The highest BCUT2D eigenvalue weighted by atomic mass is 16.4. The largest absolute Gasteiger partial charge is 0.406 e. The van der Waals surface area contributed by atoms with Crippen LogP contribution >= 0.6 is 0 Å². The fourth-order valence-electron chi connectivity index (χ4n) is 20.6. The van der Waals surface area contributed by atoms with Crippen molar-refractivity contribution in [3.05, 3.63) is 390 Å². The molecule has 0 saturated heterocycles. The van der Waals surface area contributed by atoms with Gasteiger partial charge in [-0.3, -0.25) is 24.1 Å². The number of allylic oxidation sites excluding steroid dienone is 2. The third kappa shape index (κ3) is 17.6. The first-order chi connectivity index (χ1) is 69.3. The molecule has 20 aromatic rings. The fraction of sp³-hybridized carbons (Fsp3) is 0.153. The van der Waals surface area contributed by atoms with Gasteiger partial charge in [-0.15, -0.1) is 0 Å². The first-order valence-corrected chi connectivity index (χ1v) is 49.0. The van der Waals surface area contributed by atoms with Gasteiger partial charge < -0.3 is 22.1 Å². The maximum absolute atomic E-state index is 6.34. The SMILES string of the molecule is CB1C=C(C)c2c(oc3nc(C)ccc23)N1c1cc(-c2ccccc2)cc[n+]1C.CB1C=C(C)c2c(oc3ncccc23)N1c1cc(C)c(-c2ccccc2)c[n+]1C.CB1C=Cc2c(oc3nc(C)ccc23)N1c1cc(-c2ccccc2)c(C)c[n+]1C.CB1C=Cc2c(oc3nc(C)ccc23)N1c1cc(-c2ccccc2)cc[n+]1C.CB1C=Cc2c(oc3ncccc23)N1c1cc(C)c(-c2ccccc2)c[n+]1C. The van der Waals surface area contributed by atoms with Gasteiger partial charge in [0.15, 0.2) is 0 Å². The Morgan fingerprint density at radius 2 is 0.566 bits per heavy atom. The summed E-state index contributed by atoms with van der Waals surface area (Å²) in [5.74, 6) is 21.0. The zero-order chi connectivity index (χ0) is 98.9. The van der Waals surface area contributed by atoms with E-state index < -0.39 is 0 Å². The topological polar surface area (TPSA) is 166 Å². The van der Waals surface area contributed by atoms with Crippen LogP contribution in [0.25, 0.3) is 141 Å². The van der Waals surface area contributed by atoms with E-state index in [9.17, 15) is 0 Å². The lowest BCUT2D eigenvalue weighted by molar-refractivity contribution is -0.658. The summed E-state index contributed by atoms with van der Waals surface area (Å²) in [6.45, 7) is 28.6. The number of rotatable bonds is 10. The summed E-state index contributed by atoms with van der Waals surface area (Å²) >= 11 is 0. The summed E-state index contributed by atoms with van der Waals surface area (Å²) in [6, 6.07) is 88.5. The van der Waals surface area contributed by atoms with Gasteiger partial charge in [0.05, 0.1) is 121 Å². The van der Waals surface area contributed by atoms with E-state index in [1.807, 2.05) is 69.3 Å². The van der Waals surface area contributed by atoms with Crippen molar-refractivity contribution < 1.29 is 44.9 Å². The summed E-state index contributed by atoms with van der Waals surface area (Å²) in [5, 5.41) is 5.28. The molecule has 0 bridgehead atoms. The number of pyridine rings is 10. The Bertz CT molecular complexity index is 8490. The minimum atomic E-state index is 0.168. The number of anilines is 10. The van der Waals surface area contributed by atoms with Crippen LogP contribution < -0.4 is 46.9 Å². The maximum atomic E-state index is 6.34. The van der Waals surface area contributed by atoms with Crippen molar-refractivity contribution in [2.45, 2.75) is 89.5 Å². The first-order valence-electron chi connectivity index (χ1n) is 49.0. The number of fused-ring (bicyclic) bond motifs is 15. The summed E-state index contributed by atoms with van der Waals surface area (Å²) in [5.41, 5.74) is 30.2. The summed E-state index contributed by atoms with van der Waals surface area (Å²) in [4.78, 5) is 34.0. The lowest BCUT2D eigenvalue weighted by Gasteiger charge is -2.24. The van der Waals surface area contributed by atoms with Crippen LogP contribution in [0, 0.1) is 41.5 Å². The van der Waals surface area contributed by atoms with Gasteiger partial charge in [-0.25, -0.2) is 47.8 Å². The van der Waals surface area contributed by atoms with Crippen molar-refractivity contribution in [2.24, 2.45) is 35.2 Å². The number of hydrogen-bond acceptors (Lipinski definition) is 15. The Hall–Kier alpha value is -16.7. The molecule has 20 nitrogen and oxygen atoms in total. The molecule has 5 aliphatic rings. The normalized spacial score (nSPS) is 13.4. The number of hydrogen-bond donors (Lipinski definition) is 0. The van der Waals surface area contributed by atoms with Crippen LogP contribution in [0.2, 0.25) is 34.1 Å². The lowest BCUT2D eigenvalue weighted by Crippen LogP contribution is -2.44. The van der Waals surface area contributed by atoms with Crippen molar-refractivity contribution >= 4 is 178 Å². The molecule has 0 amide bonds. The molecule has 0 saturated carbocycles. The molecule has 0 unspecified atom stereocenters. The summed E-state index contributed by atoms with van der Waals surface area (Å²) in [7, 11) is 10.4. The number of benzene rings is 5. The monoisotopic (exact) mass is 1870 g/mol. The average Bonchev–Trinajstić information content (AvgIpc) is 1.58. The fourth-order valence-corrected chi connectivity index (χ4v) is 20.6. The smallest absolute Gasteiger partial charge is 0.404 e. The van der Waals surface area contributed by atoms with Crippen molar-refractivity contribution in [3.63, 3.8) is 0 Å². The standard InChI is InChI=1S/3C24H23BN3O.2C23H21BN3O/c1-16-13-21(27(4)15-20(16)18-9-6-5-7-10-18)28-24-22(17(2)14-25(28)3)19-11-8-12-26-23(19)29-24;1-16-15-25(3)28(24-22(16)20-11-10-17(2)26-23(20)29-24)21-14-19(12-13-27(21)4)18-8-6-5-7-9-18;1-16-15-27(4)22(14-21(16)18-8-6-5-7-9-18)28-24-20(12-13-25(28)3)19-11-10-17(2)26-23(19)29-24;1-16-14-21(26(3)15-20(16)17-8-5-4-6-9-17)27-23-19(11-12-24(27)2)18-10-7-13-25-22(18)28-23;1-16-9-10-19-20-11-13-24(2)27(23(20)28-22(19)25-16)21-15-18(12-14-26(21)3)17-7-5-4-6-8-17/h3*5-15H,1-4H3;2*4-15H,1-3H3/q5*+1. The third-order valence-corrected chi connectivity index (χ3v) is 27.9. The zero-order valence-corrected chi connectivity index (χ0v) is 84.0. The first kappa shape index (κ1) is 92.7. The Morgan fingerprint density at radius 3 is 0.979 bits per heavy atom. The van der Waals surface area contributed by atoms with Gasteiger partial charge in [0, 0.05) is 70.9 Å². The van der Waals surface area contributed by atoms with Crippen LogP contribution in [0.4, 0.5) is 58.5 Å². The van der Waals surface area contributed by atoms with Crippen LogP contribution in [0.1, 0.15) is 75.4 Å². The molecule has 25 rings (SSSR count). The van der Waals surface area contributed by atoms with Gasteiger partial charge in [0.2, 0.25) is 28.6 Å². The average molecular weight is 1870 g/mol. The number of nitrogens with zero attached hydrogens (tertiary/aromatic N) is 15. The molecule has 20 heterocycles. The second-order valence-electron chi connectivity index (χ2n) is 38.1. The Balaban J connectivity index is 0.000000106. The van der Waals surface area contributed by atoms with E-state index in [2.05, 4.69) is 461 Å². The number of furan rings is 5.